The van der Waals surface area contributed by atoms with Gasteiger partial charge in [0.05, 0.1) is 22.7 Å². The minimum absolute atomic E-state index is 0.237. The highest BCUT2D eigenvalue weighted by molar-refractivity contribution is 9.10. The first-order chi connectivity index (χ1) is 15.4. The van der Waals surface area contributed by atoms with E-state index in [-0.39, 0.29) is 11.1 Å². The van der Waals surface area contributed by atoms with E-state index in [9.17, 15) is 9.59 Å². The minimum Gasteiger partial charge on any atom is -0.489 e. The molecule has 0 saturated carbocycles. The lowest BCUT2D eigenvalue weighted by Crippen LogP contribution is -2.20. The van der Waals surface area contributed by atoms with E-state index < -0.39 is 5.97 Å². The largest absolute Gasteiger partial charge is 0.489 e. The Balaban J connectivity index is 1.47. The van der Waals surface area contributed by atoms with Crippen LogP contribution in [0, 0.1) is 6.92 Å². The van der Waals surface area contributed by atoms with Crippen LogP contribution in [0.15, 0.2) is 81.1 Å². The smallest absolute Gasteiger partial charge is 0.335 e. The maximum atomic E-state index is 12.8. The van der Waals surface area contributed by atoms with Crippen LogP contribution in [-0.4, -0.2) is 27.0 Å². The molecular weight excluding hydrogens is 474 g/mol. The summed E-state index contributed by atoms with van der Waals surface area (Å²) in [4.78, 5) is 28.1. The summed E-state index contributed by atoms with van der Waals surface area (Å²) >= 11 is 3.38. The maximum absolute atomic E-state index is 12.8. The molecule has 3 aromatic carbocycles. The summed E-state index contributed by atoms with van der Waals surface area (Å²) in [6.07, 6.45) is 1.59. The van der Waals surface area contributed by atoms with Gasteiger partial charge in [-0.15, -0.1) is 0 Å². The number of carbonyl (C=O) groups is 1. The van der Waals surface area contributed by atoms with Gasteiger partial charge in [0, 0.05) is 4.47 Å². The van der Waals surface area contributed by atoms with Crippen molar-refractivity contribution in [2.24, 2.45) is 5.10 Å². The van der Waals surface area contributed by atoms with Gasteiger partial charge < -0.3 is 9.84 Å². The third-order valence-electron chi connectivity index (χ3n) is 4.78. The second-order valence-electron chi connectivity index (χ2n) is 7.04. The number of carboxylic acids is 1. The van der Waals surface area contributed by atoms with E-state index in [1.165, 1.54) is 4.68 Å². The molecule has 1 heterocycles. The lowest BCUT2D eigenvalue weighted by Gasteiger charge is -2.07. The Hall–Kier alpha value is -3.78. The highest BCUT2D eigenvalue weighted by Gasteiger charge is 2.08. The summed E-state index contributed by atoms with van der Waals surface area (Å²) < 4.78 is 7.83. The van der Waals surface area contributed by atoms with E-state index in [1.807, 2.05) is 18.2 Å². The standard InChI is InChI=1S/C24H18BrN3O4/c1-15-27-22-11-8-19(25)12-21(22)23(29)28(15)26-13-16-4-9-20(10-5-16)32-14-17-2-6-18(7-3-17)24(30)31/h2-13H,14H2,1H3,(H,30,31). The van der Waals surface area contributed by atoms with Gasteiger partial charge in [0.15, 0.2) is 0 Å². The number of aromatic carboxylic acids is 1. The fourth-order valence-electron chi connectivity index (χ4n) is 3.08. The van der Waals surface area contributed by atoms with Gasteiger partial charge in [-0.3, -0.25) is 4.79 Å². The van der Waals surface area contributed by atoms with Crippen LogP contribution in [0.2, 0.25) is 0 Å². The zero-order valence-electron chi connectivity index (χ0n) is 17.0. The number of nitrogens with zero attached hydrogens (tertiary/aromatic N) is 3. The lowest BCUT2D eigenvalue weighted by atomic mass is 10.1. The van der Waals surface area contributed by atoms with Crippen LogP contribution in [0.4, 0.5) is 0 Å². The minimum atomic E-state index is -0.959. The van der Waals surface area contributed by atoms with Crippen molar-refractivity contribution in [3.8, 4) is 5.75 Å². The topological polar surface area (TPSA) is 93.8 Å². The molecule has 0 bridgehead atoms. The van der Waals surface area contributed by atoms with Gasteiger partial charge in [-0.1, -0.05) is 28.1 Å². The average Bonchev–Trinajstić information content (AvgIpc) is 2.79. The van der Waals surface area contributed by atoms with Crippen LogP contribution < -0.4 is 10.3 Å². The molecule has 7 nitrogen and oxygen atoms in total. The van der Waals surface area contributed by atoms with Crippen molar-refractivity contribution in [1.82, 2.24) is 9.66 Å². The second kappa shape index (κ2) is 9.15. The fraction of sp³-hybridized carbons (Fsp3) is 0.0833. The van der Waals surface area contributed by atoms with Crippen LogP contribution >= 0.6 is 15.9 Å². The number of hydrogen-bond donors (Lipinski definition) is 1. The lowest BCUT2D eigenvalue weighted by molar-refractivity contribution is 0.0697. The molecule has 4 aromatic rings. The third-order valence-corrected chi connectivity index (χ3v) is 5.27. The van der Waals surface area contributed by atoms with E-state index >= 15 is 0 Å². The molecule has 32 heavy (non-hydrogen) atoms. The zero-order valence-corrected chi connectivity index (χ0v) is 18.6. The highest BCUT2D eigenvalue weighted by Crippen LogP contribution is 2.16. The molecule has 0 aliphatic carbocycles. The van der Waals surface area contributed by atoms with E-state index in [4.69, 9.17) is 9.84 Å². The Morgan fingerprint density at radius 1 is 1.12 bits per heavy atom. The van der Waals surface area contributed by atoms with Crippen molar-refractivity contribution >= 4 is 39.0 Å². The van der Waals surface area contributed by atoms with Gasteiger partial charge in [-0.25, -0.2) is 9.78 Å². The fourth-order valence-corrected chi connectivity index (χ4v) is 3.44. The monoisotopic (exact) mass is 491 g/mol. The summed E-state index contributed by atoms with van der Waals surface area (Å²) in [5.74, 6) is 0.199. The predicted octanol–water partition coefficient (Wildman–Crippen LogP) is 4.63. The number of ether oxygens (including phenoxy) is 1. The number of halogens is 1. The van der Waals surface area contributed by atoms with Gasteiger partial charge >= 0.3 is 5.97 Å². The molecule has 0 aliphatic rings. The number of rotatable bonds is 6. The normalized spacial score (nSPS) is 11.2. The molecule has 1 N–H and O–H groups in total. The molecule has 4 rings (SSSR count). The summed E-state index contributed by atoms with van der Waals surface area (Å²) in [5.41, 5.74) is 2.29. The van der Waals surface area contributed by atoms with Crippen LogP contribution in [0.5, 0.6) is 5.75 Å². The number of aromatic nitrogens is 2. The first-order valence-corrected chi connectivity index (χ1v) is 10.5. The van der Waals surface area contributed by atoms with Gasteiger partial charge in [0.1, 0.15) is 18.2 Å². The molecule has 0 fully saturated rings. The van der Waals surface area contributed by atoms with E-state index in [0.717, 1.165) is 15.6 Å². The summed E-state index contributed by atoms with van der Waals surface area (Å²) in [5, 5.41) is 13.7. The van der Waals surface area contributed by atoms with Gasteiger partial charge in [-0.05, 0) is 72.6 Å². The predicted molar refractivity (Wildman–Crippen MR) is 126 cm³/mol. The molecule has 1 aromatic heterocycles. The first kappa shape index (κ1) is 21.5. The van der Waals surface area contributed by atoms with Crippen molar-refractivity contribution in [2.45, 2.75) is 13.5 Å². The molecule has 0 saturated heterocycles. The van der Waals surface area contributed by atoms with Crippen molar-refractivity contribution in [3.63, 3.8) is 0 Å². The van der Waals surface area contributed by atoms with Crippen LogP contribution in [0.25, 0.3) is 10.9 Å². The van der Waals surface area contributed by atoms with Gasteiger partial charge in [0.25, 0.3) is 5.56 Å². The Labute approximate surface area is 191 Å². The first-order valence-electron chi connectivity index (χ1n) is 9.69. The number of fused-ring (bicyclic) bond motifs is 1. The number of carboxylic acid groups (broad SMARTS) is 1. The van der Waals surface area contributed by atoms with E-state index in [1.54, 1.807) is 61.7 Å². The van der Waals surface area contributed by atoms with Crippen LogP contribution in [0.3, 0.4) is 0 Å². The molecule has 0 unspecified atom stereocenters. The number of benzene rings is 3. The maximum Gasteiger partial charge on any atom is 0.335 e. The molecule has 0 atom stereocenters. The van der Waals surface area contributed by atoms with Crippen molar-refractivity contribution < 1.29 is 14.6 Å². The SMILES string of the molecule is Cc1nc2ccc(Br)cc2c(=O)n1N=Cc1ccc(OCc2ccc(C(=O)O)cc2)cc1. The molecule has 0 spiro atoms. The zero-order chi connectivity index (χ0) is 22.7. The van der Waals surface area contributed by atoms with E-state index in [2.05, 4.69) is 26.0 Å². The highest BCUT2D eigenvalue weighted by atomic mass is 79.9. The Kier molecular flexibility index (Phi) is 6.13. The molecule has 8 heteroatoms. The van der Waals surface area contributed by atoms with Crippen molar-refractivity contribution in [3.05, 3.63) is 104 Å². The molecule has 0 radical (unpaired) electrons. The summed E-state index contributed by atoms with van der Waals surface area (Å²) in [6, 6.07) is 19.2. The Bertz CT molecular complexity index is 1380. The van der Waals surface area contributed by atoms with Gasteiger partial charge in [-0.2, -0.15) is 9.78 Å². The second-order valence-corrected chi connectivity index (χ2v) is 7.96. The Morgan fingerprint density at radius 2 is 1.84 bits per heavy atom. The van der Waals surface area contributed by atoms with E-state index in [0.29, 0.717) is 29.1 Å². The van der Waals surface area contributed by atoms with Crippen LogP contribution in [0.1, 0.15) is 27.3 Å². The Morgan fingerprint density at radius 3 is 2.53 bits per heavy atom. The van der Waals surface area contributed by atoms with Crippen molar-refractivity contribution in [1.29, 1.82) is 0 Å². The molecule has 160 valence electrons. The van der Waals surface area contributed by atoms with Crippen molar-refractivity contribution in [2.75, 3.05) is 0 Å². The van der Waals surface area contributed by atoms with Crippen LogP contribution in [-0.2, 0) is 6.61 Å². The number of hydrogen-bond acceptors (Lipinski definition) is 5. The third kappa shape index (κ3) is 4.76. The molecule has 0 aliphatic heterocycles. The average molecular weight is 492 g/mol. The van der Waals surface area contributed by atoms with Gasteiger partial charge in [0.2, 0.25) is 0 Å². The number of aryl methyl sites for hydroxylation is 1. The molecular formula is C24H18BrN3O4. The quantitative estimate of drug-likeness (QED) is 0.397. The summed E-state index contributed by atoms with van der Waals surface area (Å²) in [7, 11) is 0. The summed E-state index contributed by atoms with van der Waals surface area (Å²) in [6.45, 7) is 2.06. The molecule has 0 amide bonds.